The van der Waals surface area contributed by atoms with Gasteiger partial charge in [-0.15, -0.1) is 0 Å². The van der Waals surface area contributed by atoms with Crippen LogP contribution in [-0.4, -0.2) is 17.2 Å². The Morgan fingerprint density at radius 1 is 1.17 bits per heavy atom. The Hall–Kier alpha value is -2.60. The molecule has 0 spiro atoms. The molecule has 124 valence electrons. The Balaban J connectivity index is 1.84. The van der Waals surface area contributed by atoms with Crippen LogP contribution >= 0.6 is 11.6 Å². The van der Waals surface area contributed by atoms with E-state index < -0.39 is 23.5 Å². The van der Waals surface area contributed by atoms with Gasteiger partial charge in [0.15, 0.2) is 0 Å². The first kappa shape index (κ1) is 16.3. The second kappa shape index (κ2) is 6.13. The molecule has 0 unspecified atom stereocenters. The van der Waals surface area contributed by atoms with Crippen LogP contribution in [0.15, 0.2) is 48.5 Å². The number of carbonyl (C=O) groups is 2. The monoisotopic (exact) mass is 348 g/mol. The van der Waals surface area contributed by atoms with Crippen LogP contribution in [0.25, 0.3) is 0 Å². The number of anilines is 1. The van der Waals surface area contributed by atoms with Gasteiger partial charge < -0.3 is 10.4 Å². The molecule has 2 aromatic carbocycles. The Kier molecular flexibility index (Phi) is 4.15. The minimum atomic E-state index is -1.48. The van der Waals surface area contributed by atoms with Crippen molar-refractivity contribution in [2.75, 3.05) is 4.90 Å². The summed E-state index contributed by atoms with van der Waals surface area (Å²) in [4.78, 5) is 24.4. The van der Waals surface area contributed by atoms with Crippen molar-refractivity contribution < 1.29 is 19.1 Å². The van der Waals surface area contributed by atoms with Crippen molar-refractivity contribution in [2.24, 2.45) is 0 Å². The van der Waals surface area contributed by atoms with Crippen LogP contribution in [0.5, 0.6) is 0 Å². The Morgan fingerprint density at radius 3 is 2.38 bits per heavy atom. The largest absolute Gasteiger partial charge is 0.464 e. The van der Waals surface area contributed by atoms with Gasteiger partial charge in [0.25, 0.3) is 0 Å². The zero-order valence-electron chi connectivity index (χ0n) is 12.5. The maximum absolute atomic E-state index is 13.3. The number of carboxylic acid groups (broad SMARTS) is 1. The summed E-state index contributed by atoms with van der Waals surface area (Å²) >= 11 is 5.87. The second-order valence-electron chi connectivity index (χ2n) is 5.62. The van der Waals surface area contributed by atoms with Crippen LogP contribution in [0.1, 0.15) is 18.4 Å². The molecule has 7 heteroatoms. The molecule has 0 aliphatic heterocycles. The average molecular weight is 349 g/mol. The van der Waals surface area contributed by atoms with E-state index in [9.17, 15) is 19.1 Å². The van der Waals surface area contributed by atoms with Gasteiger partial charge in [-0.2, -0.15) is 4.90 Å². The first-order chi connectivity index (χ1) is 11.4. The molecule has 1 aliphatic carbocycles. The number of amides is 3. The Labute approximate surface area is 142 Å². The first-order valence-electron chi connectivity index (χ1n) is 7.28. The lowest BCUT2D eigenvalue weighted by Gasteiger charge is -2.23. The Morgan fingerprint density at radius 2 is 1.83 bits per heavy atom. The molecule has 5 nitrogen and oxygen atoms in total. The van der Waals surface area contributed by atoms with E-state index in [4.69, 9.17) is 11.6 Å². The first-order valence-corrected chi connectivity index (χ1v) is 7.66. The molecule has 0 aromatic heterocycles. The molecule has 1 aliphatic rings. The van der Waals surface area contributed by atoms with Crippen molar-refractivity contribution in [2.45, 2.75) is 18.4 Å². The summed E-state index contributed by atoms with van der Waals surface area (Å²) in [6.07, 6.45) is -0.0986. The smallest absolute Gasteiger partial charge is 0.420 e. The van der Waals surface area contributed by atoms with Crippen LogP contribution in [-0.2, 0) is 5.54 Å². The van der Waals surface area contributed by atoms with Crippen LogP contribution in [0.4, 0.5) is 19.7 Å². The molecular weight excluding hydrogens is 335 g/mol. The third-order valence-corrected chi connectivity index (χ3v) is 4.21. The lowest BCUT2D eigenvalue weighted by atomic mass is 10.1. The number of imide groups is 1. The summed E-state index contributed by atoms with van der Waals surface area (Å²) in [5.74, 6) is -0.620. The number of nitrogens with one attached hydrogen (secondary N) is 1. The van der Waals surface area contributed by atoms with Crippen molar-refractivity contribution in [3.05, 3.63) is 64.9 Å². The van der Waals surface area contributed by atoms with Crippen molar-refractivity contribution in [3.8, 4) is 0 Å². The molecule has 0 saturated heterocycles. The number of rotatable bonds is 3. The van der Waals surface area contributed by atoms with Crippen LogP contribution in [0.3, 0.4) is 0 Å². The van der Waals surface area contributed by atoms with E-state index in [0.717, 1.165) is 11.6 Å². The van der Waals surface area contributed by atoms with Crippen LogP contribution in [0, 0.1) is 5.82 Å². The highest BCUT2D eigenvalue weighted by Gasteiger charge is 2.47. The molecule has 0 heterocycles. The number of benzene rings is 2. The predicted molar refractivity (Wildman–Crippen MR) is 87.8 cm³/mol. The maximum atomic E-state index is 13.3. The van der Waals surface area contributed by atoms with E-state index in [1.807, 2.05) is 0 Å². The summed E-state index contributed by atoms with van der Waals surface area (Å²) in [5.41, 5.74) is 0.194. The number of hydrogen-bond donors (Lipinski definition) is 2. The predicted octanol–water partition coefficient (Wildman–Crippen LogP) is 4.36. The van der Waals surface area contributed by atoms with Gasteiger partial charge in [0, 0.05) is 5.02 Å². The fourth-order valence-electron chi connectivity index (χ4n) is 2.57. The minimum Gasteiger partial charge on any atom is -0.464 e. The average Bonchev–Trinajstić information content (AvgIpc) is 3.28. The highest BCUT2D eigenvalue weighted by molar-refractivity contribution is 6.30. The molecule has 1 saturated carbocycles. The van der Waals surface area contributed by atoms with Crippen molar-refractivity contribution >= 4 is 29.4 Å². The third kappa shape index (κ3) is 3.19. The fraction of sp³-hybridized carbons (Fsp3) is 0.176. The fourth-order valence-corrected chi connectivity index (χ4v) is 2.70. The molecule has 24 heavy (non-hydrogen) atoms. The summed E-state index contributed by atoms with van der Waals surface area (Å²) in [5, 5.41) is 12.7. The molecule has 3 amide bonds. The van der Waals surface area contributed by atoms with Crippen LogP contribution in [0.2, 0.25) is 5.02 Å². The van der Waals surface area contributed by atoms with E-state index >= 15 is 0 Å². The van der Waals surface area contributed by atoms with Crippen LogP contribution < -0.4 is 10.2 Å². The topological polar surface area (TPSA) is 69.6 Å². The minimum absolute atomic E-state index is 0.0492. The van der Waals surface area contributed by atoms with Crippen molar-refractivity contribution in [3.63, 3.8) is 0 Å². The highest BCUT2D eigenvalue weighted by Crippen LogP contribution is 2.45. The zero-order valence-corrected chi connectivity index (χ0v) is 13.3. The molecule has 1 fully saturated rings. The Bertz CT molecular complexity index is 791. The second-order valence-corrected chi connectivity index (χ2v) is 6.05. The zero-order chi connectivity index (χ0) is 17.3. The molecule has 0 bridgehead atoms. The van der Waals surface area contributed by atoms with E-state index in [1.54, 1.807) is 24.3 Å². The summed E-state index contributed by atoms with van der Waals surface area (Å²) in [6.45, 7) is 0. The third-order valence-electron chi connectivity index (χ3n) is 3.95. The molecule has 2 N–H and O–H groups in total. The maximum Gasteiger partial charge on any atom is 0.420 e. The number of carbonyl (C=O) groups excluding carboxylic acids is 1. The molecule has 0 atom stereocenters. The van der Waals surface area contributed by atoms with E-state index in [0.29, 0.717) is 22.8 Å². The van der Waals surface area contributed by atoms with Gasteiger partial charge in [-0.3, -0.25) is 0 Å². The SMILES string of the molecule is O=C(O)N(C(=O)NC1(c2ccc(Cl)cc2)CC1)c1cccc(F)c1. The van der Waals surface area contributed by atoms with Gasteiger partial charge in [-0.05, 0) is 48.7 Å². The van der Waals surface area contributed by atoms with E-state index in [-0.39, 0.29) is 5.69 Å². The summed E-state index contributed by atoms with van der Waals surface area (Å²) in [7, 11) is 0. The molecule has 3 rings (SSSR count). The quantitative estimate of drug-likeness (QED) is 0.865. The number of nitrogens with zero attached hydrogens (tertiary/aromatic N) is 1. The number of hydrogen-bond acceptors (Lipinski definition) is 2. The highest BCUT2D eigenvalue weighted by atomic mass is 35.5. The lowest BCUT2D eigenvalue weighted by Crippen LogP contribution is -2.47. The van der Waals surface area contributed by atoms with Gasteiger partial charge in [0.2, 0.25) is 0 Å². The number of urea groups is 1. The number of halogens is 2. The lowest BCUT2D eigenvalue weighted by molar-refractivity contribution is 0.198. The molecular formula is C17H14ClFN2O3. The normalized spacial score (nSPS) is 14.8. The van der Waals surface area contributed by atoms with E-state index in [2.05, 4.69) is 5.32 Å². The van der Waals surface area contributed by atoms with Crippen molar-refractivity contribution in [1.82, 2.24) is 5.32 Å². The van der Waals surface area contributed by atoms with Gasteiger partial charge in [-0.25, -0.2) is 14.0 Å². The van der Waals surface area contributed by atoms with Gasteiger partial charge >= 0.3 is 12.1 Å². The van der Waals surface area contributed by atoms with Crippen molar-refractivity contribution in [1.29, 1.82) is 0 Å². The standard InChI is InChI=1S/C17H14ClFN2O3/c18-12-6-4-11(5-7-12)17(8-9-17)20-15(22)21(16(23)24)14-3-1-2-13(19)10-14/h1-7,10H,8-9H2,(H,20,22)(H,23,24). The van der Waals surface area contributed by atoms with Gasteiger partial charge in [0.05, 0.1) is 11.2 Å². The molecule has 0 radical (unpaired) electrons. The van der Waals surface area contributed by atoms with Gasteiger partial charge in [0.1, 0.15) is 5.82 Å². The summed E-state index contributed by atoms with van der Waals surface area (Å²) < 4.78 is 13.3. The van der Waals surface area contributed by atoms with Gasteiger partial charge in [-0.1, -0.05) is 29.8 Å². The summed E-state index contributed by atoms with van der Waals surface area (Å²) in [6, 6.07) is 11.1. The van der Waals surface area contributed by atoms with E-state index in [1.165, 1.54) is 18.2 Å². The molecule has 2 aromatic rings.